The van der Waals surface area contributed by atoms with E-state index in [-0.39, 0.29) is 16.7 Å². The van der Waals surface area contributed by atoms with Gasteiger partial charge in [0.15, 0.2) is 5.75 Å². The molecular weight excluding hydrogens is 268 g/mol. The van der Waals surface area contributed by atoms with Crippen LogP contribution < -0.4 is 10.1 Å². The average Bonchev–Trinajstić information content (AvgIpc) is 2.47. The number of para-hydroxylation sites is 1. The SMILES string of the molecule is CCCNc1cccc(OC2CCCCC2C)c1[N+](=O)[O-]. The van der Waals surface area contributed by atoms with Crippen molar-refractivity contribution in [2.24, 2.45) is 5.92 Å². The Morgan fingerprint density at radius 1 is 1.38 bits per heavy atom. The molecule has 0 amide bonds. The van der Waals surface area contributed by atoms with Crippen LogP contribution in [0.25, 0.3) is 0 Å². The van der Waals surface area contributed by atoms with Gasteiger partial charge in [0.25, 0.3) is 0 Å². The first-order valence-electron chi connectivity index (χ1n) is 7.81. The van der Waals surface area contributed by atoms with Crippen molar-refractivity contribution < 1.29 is 9.66 Å². The molecule has 0 aromatic heterocycles. The summed E-state index contributed by atoms with van der Waals surface area (Å²) in [6.45, 7) is 4.90. The fourth-order valence-electron chi connectivity index (χ4n) is 2.83. The van der Waals surface area contributed by atoms with Gasteiger partial charge in [-0.1, -0.05) is 26.3 Å². The highest BCUT2D eigenvalue weighted by molar-refractivity contribution is 5.68. The Morgan fingerprint density at radius 2 is 2.14 bits per heavy atom. The van der Waals surface area contributed by atoms with E-state index >= 15 is 0 Å². The van der Waals surface area contributed by atoms with E-state index in [0.717, 1.165) is 25.7 Å². The van der Waals surface area contributed by atoms with Gasteiger partial charge >= 0.3 is 5.69 Å². The van der Waals surface area contributed by atoms with Crippen LogP contribution in [0.5, 0.6) is 5.75 Å². The number of rotatable bonds is 6. The fraction of sp³-hybridized carbons (Fsp3) is 0.625. The fourth-order valence-corrected chi connectivity index (χ4v) is 2.83. The average molecular weight is 292 g/mol. The quantitative estimate of drug-likeness (QED) is 0.624. The first-order chi connectivity index (χ1) is 10.1. The number of benzene rings is 1. The molecule has 1 aliphatic carbocycles. The topological polar surface area (TPSA) is 64.4 Å². The molecule has 1 saturated carbocycles. The van der Waals surface area contributed by atoms with Crippen LogP contribution in [-0.4, -0.2) is 17.6 Å². The molecule has 1 fully saturated rings. The largest absolute Gasteiger partial charge is 0.483 e. The van der Waals surface area contributed by atoms with Crippen LogP contribution in [0, 0.1) is 16.0 Å². The second-order valence-corrected chi connectivity index (χ2v) is 5.75. The molecule has 0 aliphatic heterocycles. The molecule has 0 bridgehead atoms. The monoisotopic (exact) mass is 292 g/mol. The van der Waals surface area contributed by atoms with Crippen LogP contribution >= 0.6 is 0 Å². The number of anilines is 1. The van der Waals surface area contributed by atoms with Crippen molar-refractivity contribution in [1.29, 1.82) is 0 Å². The van der Waals surface area contributed by atoms with Gasteiger partial charge in [-0.15, -0.1) is 0 Å². The molecule has 5 heteroatoms. The number of ether oxygens (including phenoxy) is 1. The number of nitro groups is 1. The highest BCUT2D eigenvalue weighted by Gasteiger charge is 2.27. The molecule has 0 heterocycles. The van der Waals surface area contributed by atoms with E-state index < -0.39 is 0 Å². The van der Waals surface area contributed by atoms with Gasteiger partial charge in [-0.3, -0.25) is 10.1 Å². The first-order valence-corrected chi connectivity index (χ1v) is 7.81. The Morgan fingerprint density at radius 3 is 2.81 bits per heavy atom. The highest BCUT2D eigenvalue weighted by Crippen LogP contribution is 2.37. The normalized spacial score (nSPS) is 21.8. The maximum atomic E-state index is 11.4. The second kappa shape index (κ2) is 7.29. The van der Waals surface area contributed by atoms with E-state index in [1.165, 1.54) is 6.42 Å². The summed E-state index contributed by atoms with van der Waals surface area (Å²) < 4.78 is 6.00. The summed E-state index contributed by atoms with van der Waals surface area (Å²) in [5.74, 6) is 0.838. The Labute approximate surface area is 125 Å². The molecule has 0 saturated heterocycles. The maximum absolute atomic E-state index is 11.4. The van der Waals surface area contributed by atoms with Crippen molar-refractivity contribution in [1.82, 2.24) is 0 Å². The molecule has 1 N–H and O–H groups in total. The van der Waals surface area contributed by atoms with Gasteiger partial charge in [0.2, 0.25) is 0 Å². The predicted octanol–water partition coefficient (Wildman–Crippen LogP) is 4.37. The Hall–Kier alpha value is -1.78. The molecule has 1 aromatic carbocycles. The van der Waals surface area contributed by atoms with E-state index in [4.69, 9.17) is 4.74 Å². The lowest BCUT2D eigenvalue weighted by atomic mass is 9.88. The van der Waals surface area contributed by atoms with E-state index in [0.29, 0.717) is 23.9 Å². The standard InChI is InChI=1S/C16H24N2O3/c1-3-11-17-13-8-6-10-15(16(13)18(19)20)21-14-9-5-4-7-12(14)2/h6,8,10,12,14,17H,3-5,7,9,11H2,1-2H3. The van der Waals surface area contributed by atoms with E-state index in [9.17, 15) is 10.1 Å². The number of hydrogen-bond acceptors (Lipinski definition) is 4. The Bertz CT molecular complexity index is 490. The number of nitrogens with one attached hydrogen (secondary N) is 1. The summed E-state index contributed by atoms with van der Waals surface area (Å²) in [4.78, 5) is 11.1. The minimum absolute atomic E-state index is 0.0590. The zero-order chi connectivity index (χ0) is 15.2. The van der Waals surface area contributed by atoms with E-state index in [1.807, 2.05) is 13.0 Å². The third-order valence-corrected chi connectivity index (χ3v) is 4.06. The molecule has 0 spiro atoms. The molecule has 116 valence electrons. The lowest BCUT2D eigenvalue weighted by Crippen LogP contribution is -2.28. The van der Waals surface area contributed by atoms with Crippen molar-refractivity contribution in [3.63, 3.8) is 0 Å². The first kappa shape index (κ1) is 15.6. The summed E-state index contributed by atoms with van der Waals surface area (Å²) in [6.07, 6.45) is 5.47. The van der Waals surface area contributed by atoms with E-state index in [2.05, 4.69) is 12.2 Å². The zero-order valence-corrected chi connectivity index (χ0v) is 12.8. The van der Waals surface area contributed by atoms with E-state index in [1.54, 1.807) is 12.1 Å². The smallest absolute Gasteiger partial charge is 0.333 e. The van der Waals surface area contributed by atoms with Crippen molar-refractivity contribution in [3.8, 4) is 5.75 Å². The predicted molar refractivity (Wildman–Crippen MR) is 83.9 cm³/mol. The minimum atomic E-state index is -0.346. The van der Waals surface area contributed by atoms with Gasteiger partial charge < -0.3 is 10.1 Å². The summed E-state index contributed by atoms with van der Waals surface area (Å²) in [5.41, 5.74) is 0.603. The molecule has 1 aliphatic rings. The maximum Gasteiger partial charge on any atom is 0.333 e. The summed E-state index contributed by atoms with van der Waals surface area (Å²) in [6, 6.07) is 5.26. The van der Waals surface area contributed by atoms with Crippen LogP contribution in [0.15, 0.2) is 18.2 Å². The number of hydrogen-bond donors (Lipinski definition) is 1. The van der Waals surface area contributed by atoms with Crippen molar-refractivity contribution >= 4 is 11.4 Å². The van der Waals surface area contributed by atoms with Crippen molar-refractivity contribution in [2.45, 2.75) is 52.1 Å². The Balaban J connectivity index is 2.23. The van der Waals surface area contributed by atoms with Gasteiger partial charge in [-0.2, -0.15) is 0 Å². The van der Waals surface area contributed by atoms with Gasteiger partial charge in [-0.25, -0.2) is 0 Å². The number of nitro benzene ring substituents is 1. The molecule has 0 radical (unpaired) electrons. The van der Waals surface area contributed by atoms with Crippen LogP contribution in [0.3, 0.4) is 0 Å². The lowest BCUT2D eigenvalue weighted by Gasteiger charge is -2.29. The summed E-state index contributed by atoms with van der Waals surface area (Å²) >= 11 is 0. The van der Waals surface area contributed by atoms with Gasteiger partial charge in [0, 0.05) is 6.54 Å². The van der Waals surface area contributed by atoms with Crippen molar-refractivity contribution in [2.75, 3.05) is 11.9 Å². The second-order valence-electron chi connectivity index (χ2n) is 5.75. The Kier molecular flexibility index (Phi) is 5.42. The third-order valence-electron chi connectivity index (χ3n) is 4.06. The molecular formula is C16H24N2O3. The van der Waals surface area contributed by atoms with Crippen molar-refractivity contribution in [3.05, 3.63) is 28.3 Å². The number of nitrogens with zero attached hydrogens (tertiary/aromatic N) is 1. The van der Waals surface area contributed by atoms with Crippen LogP contribution in [0.2, 0.25) is 0 Å². The molecule has 2 unspecified atom stereocenters. The highest BCUT2D eigenvalue weighted by atomic mass is 16.6. The molecule has 2 atom stereocenters. The molecule has 1 aromatic rings. The summed E-state index contributed by atoms with van der Waals surface area (Å²) in [7, 11) is 0. The van der Waals surface area contributed by atoms with Gasteiger partial charge in [0.05, 0.1) is 4.92 Å². The van der Waals surface area contributed by atoms with Gasteiger partial charge in [-0.05, 0) is 43.7 Å². The zero-order valence-electron chi connectivity index (χ0n) is 12.8. The van der Waals surface area contributed by atoms with Crippen LogP contribution in [0.4, 0.5) is 11.4 Å². The third kappa shape index (κ3) is 3.86. The summed E-state index contributed by atoms with van der Waals surface area (Å²) in [5, 5.41) is 14.5. The molecule has 21 heavy (non-hydrogen) atoms. The molecule has 2 rings (SSSR count). The molecule has 5 nitrogen and oxygen atoms in total. The minimum Gasteiger partial charge on any atom is -0.483 e. The van der Waals surface area contributed by atoms with Crippen LogP contribution in [0.1, 0.15) is 46.0 Å². The lowest BCUT2D eigenvalue weighted by molar-refractivity contribution is -0.385. The van der Waals surface area contributed by atoms with Gasteiger partial charge in [0.1, 0.15) is 11.8 Å². The van der Waals surface area contributed by atoms with Crippen LogP contribution in [-0.2, 0) is 0 Å².